The van der Waals surface area contributed by atoms with Crippen LogP contribution in [0.4, 0.5) is 0 Å². The highest BCUT2D eigenvalue weighted by Crippen LogP contribution is 2.14. The van der Waals surface area contributed by atoms with Gasteiger partial charge in [0.2, 0.25) is 0 Å². The van der Waals surface area contributed by atoms with Gasteiger partial charge in [0.05, 0.1) is 0 Å². The van der Waals surface area contributed by atoms with Gasteiger partial charge in [-0.25, -0.2) is 0 Å². The summed E-state index contributed by atoms with van der Waals surface area (Å²) in [6.07, 6.45) is 0. The lowest BCUT2D eigenvalue weighted by atomic mass is 9.86. The minimum absolute atomic E-state index is 0.541. The van der Waals surface area contributed by atoms with E-state index in [1.165, 1.54) is 0 Å². The van der Waals surface area contributed by atoms with Crippen LogP contribution in [-0.4, -0.2) is 38.8 Å². The lowest BCUT2D eigenvalue weighted by molar-refractivity contribution is 0.207. The van der Waals surface area contributed by atoms with Gasteiger partial charge in [0, 0.05) is 18.1 Å². The van der Waals surface area contributed by atoms with Gasteiger partial charge in [0.15, 0.2) is 0 Å². The summed E-state index contributed by atoms with van der Waals surface area (Å²) in [6, 6.07) is 1.69. The van der Waals surface area contributed by atoms with E-state index >= 15 is 0 Å². The Bertz CT molecular complexity index is 122. The fourth-order valence-electron chi connectivity index (χ4n) is 2.18. The average molecular weight is 171 g/mol. The molecule has 1 heterocycles. The lowest BCUT2D eigenvalue weighted by Crippen LogP contribution is -2.64. The molecule has 3 unspecified atom stereocenters. The van der Waals surface area contributed by atoms with E-state index in [1.807, 2.05) is 14.1 Å². The summed E-state index contributed by atoms with van der Waals surface area (Å²) in [5.74, 6) is 0.698. The molecule has 0 aromatic rings. The standard InChI is InChI=1S/C9H21N3/c1-6-5-12-7(2)9(11-4)8(6)10-3/h6-12H,5H2,1-4H3/t6?,7?,8?,9-/m0/s1. The van der Waals surface area contributed by atoms with Crippen molar-refractivity contribution in [2.24, 2.45) is 5.92 Å². The van der Waals surface area contributed by atoms with Crippen molar-refractivity contribution in [3.8, 4) is 0 Å². The van der Waals surface area contributed by atoms with E-state index in [1.54, 1.807) is 0 Å². The lowest BCUT2D eigenvalue weighted by Gasteiger charge is -2.41. The number of nitrogens with one attached hydrogen (secondary N) is 3. The van der Waals surface area contributed by atoms with Crippen LogP contribution < -0.4 is 16.0 Å². The summed E-state index contributed by atoms with van der Waals surface area (Å²) in [6.45, 7) is 5.63. The minimum atomic E-state index is 0.541. The average Bonchev–Trinajstić information content (AvgIpc) is 2.08. The first kappa shape index (κ1) is 9.96. The largest absolute Gasteiger partial charge is 0.315 e. The monoisotopic (exact) mass is 171 g/mol. The van der Waals surface area contributed by atoms with Gasteiger partial charge in [0.25, 0.3) is 0 Å². The highest BCUT2D eigenvalue weighted by Gasteiger charge is 2.32. The zero-order valence-electron chi connectivity index (χ0n) is 8.52. The highest BCUT2D eigenvalue weighted by molar-refractivity contribution is 4.96. The second kappa shape index (κ2) is 4.21. The Morgan fingerprint density at radius 1 is 1.08 bits per heavy atom. The zero-order chi connectivity index (χ0) is 9.14. The van der Waals surface area contributed by atoms with Gasteiger partial charge in [-0.2, -0.15) is 0 Å². The van der Waals surface area contributed by atoms with Crippen molar-refractivity contribution < 1.29 is 0 Å². The van der Waals surface area contributed by atoms with E-state index in [0.717, 1.165) is 6.54 Å². The third-order valence-electron chi connectivity index (χ3n) is 2.97. The van der Waals surface area contributed by atoms with Crippen molar-refractivity contribution in [2.45, 2.75) is 32.0 Å². The molecule has 0 aromatic heterocycles. The van der Waals surface area contributed by atoms with E-state index < -0.39 is 0 Å². The molecule has 4 atom stereocenters. The number of piperidine rings is 1. The van der Waals surface area contributed by atoms with E-state index in [9.17, 15) is 0 Å². The molecule has 0 bridgehead atoms. The summed E-state index contributed by atoms with van der Waals surface area (Å²) in [4.78, 5) is 0. The van der Waals surface area contributed by atoms with Gasteiger partial charge in [-0.1, -0.05) is 6.92 Å². The summed E-state index contributed by atoms with van der Waals surface area (Å²) in [5, 5.41) is 10.2. The van der Waals surface area contributed by atoms with Crippen LogP contribution in [0.25, 0.3) is 0 Å². The van der Waals surface area contributed by atoms with Crippen LogP contribution in [0.2, 0.25) is 0 Å². The predicted molar refractivity (Wildman–Crippen MR) is 52.3 cm³/mol. The van der Waals surface area contributed by atoms with Crippen LogP contribution in [0.15, 0.2) is 0 Å². The number of hydrogen-bond acceptors (Lipinski definition) is 3. The molecule has 3 heteroatoms. The molecule has 0 aromatic carbocycles. The maximum Gasteiger partial charge on any atom is 0.0373 e. The van der Waals surface area contributed by atoms with Crippen molar-refractivity contribution in [3.63, 3.8) is 0 Å². The molecule has 0 saturated carbocycles. The summed E-state index contributed by atoms with van der Waals surface area (Å²) in [5.41, 5.74) is 0. The Labute approximate surface area is 75.3 Å². The van der Waals surface area contributed by atoms with Gasteiger partial charge >= 0.3 is 0 Å². The first-order valence-corrected chi connectivity index (χ1v) is 4.78. The molecular formula is C9H21N3. The molecule has 3 nitrogen and oxygen atoms in total. The molecule has 1 rings (SSSR count). The van der Waals surface area contributed by atoms with E-state index in [2.05, 4.69) is 29.8 Å². The number of hydrogen-bond donors (Lipinski definition) is 3. The molecule has 1 saturated heterocycles. The van der Waals surface area contributed by atoms with Crippen molar-refractivity contribution in [1.82, 2.24) is 16.0 Å². The summed E-state index contributed by atoms with van der Waals surface area (Å²) in [7, 11) is 4.08. The third-order valence-corrected chi connectivity index (χ3v) is 2.97. The highest BCUT2D eigenvalue weighted by atomic mass is 15.1. The molecular weight excluding hydrogens is 150 g/mol. The second-order valence-electron chi connectivity index (χ2n) is 3.80. The Kier molecular flexibility index (Phi) is 3.50. The fraction of sp³-hybridized carbons (Fsp3) is 1.00. The Morgan fingerprint density at radius 3 is 2.08 bits per heavy atom. The topological polar surface area (TPSA) is 36.1 Å². The van der Waals surface area contributed by atoms with Crippen molar-refractivity contribution in [1.29, 1.82) is 0 Å². The van der Waals surface area contributed by atoms with E-state index in [-0.39, 0.29) is 0 Å². The quantitative estimate of drug-likeness (QED) is 0.538. The third kappa shape index (κ3) is 1.79. The molecule has 1 aliphatic heterocycles. The maximum absolute atomic E-state index is 3.49. The fourth-order valence-corrected chi connectivity index (χ4v) is 2.18. The normalized spacial score (nSPS) is 43.0. The second-order valence-corrected chi connectivity index (χ2v) is 3.80. The molecule has 1 aliphatic rings. The predicted octanol–water partition coefficient (Wildman–Crippen LogP) is -0.210. The maximum atomic E-state index is 3.49. The minimum Gasteiger partial charge on any atom is -0.315 e. The Balaban J connectivity index is 2.61. The van der Waals surface area contributed by atoms with Gasteiger partial charge in [-0.3, -0.25) is 0 Å². The molecule has 0 amide bonds. The molecule has 0 radical (unpaired) electrons. The first-order chi connectivity index (χ1) is 5.70. The van der Waals surface area contributed by atoms with E-state index in [0.29, 0.717) is 24.0 Å². The van der Waals surface area contributed by atoms with Gasteiger partial charge in [-0.05, 0) is 33.5 Å². The molecule has 12 heavy (non-hydrogen) atoms. The molecule has 0 aliphatic carbocycles. The van der Waals surface area contributed by atoms with Crippen LogP contribution >= 0.6 is 0 Å². The molecule has 3 N–H and O–H groups in total. The van der Waals surface area contributed by atoms with Crippen LogP contribution in [0.1, 0.15) is 13.8 Å². The van der Waals surface area contributed by atoms with Gasteiger partial charge in [0.1, 0.15) is 0 Å². The van der Waals surface area contributed by atoms with E-state index in [4.69, 9.17) is 0 Å². The smallest absolute Gasteiger partial charge is 0.0373 e. The molecule has 0 spiro atoms. The Hall–Kier alpha value is -0.120. The van der Waals surface area contributed by atoms with Crippen LogP contribution in [0, 0.1) is 5.92 Å². The van der Waals surface area contributed by atoms with Crippen molar-refractivity contribution in [2.75, 3.05) is 20.6 Å². The molecule has 1 fully saturated rings. The first-order valence-electron chi connectivity index (χ1n) is 4.78. The number of likely N-dealkylation sites (N-methyl/N-ethyl adjacent to an activating group) is 2. The SMILES string of the molecule is CNC1C(C)CNC(C)[C@@H]1NC. The molecule has 72 valence electrons. The van der Waals surface area contributed by atoms with Gasteiger partial charge in [-0.15, -0.1) is 0 Å². The van der Waals surface area contributed by atoms with Crippen LogP contribution in [0.5, 0.6) is 0 Å². The van der Waals surface area contributed by atoms with Crippen molar-refractivity contribution >= 4 is 0 Å². The number of rotatable bonds is 2. The van der Waals surface area contributed by atoms with Crippen molar-refractivity contribution in [3.05, 3.63) is 0 Å². The Morgan fingerprint density at radius 2 is 1.67 bits per heavy atom. The zero-order valence-corrected chi connectivity index (χ0v) is 8.52. The van der Waals surface area contributed by atoms with Crippen LogP contribution in [-0.2, 0) is 0 Å². The summed E-state index contributed by atoms with van der Waals surface area (Å²) < 4.78 is 0. The van der Waals surface area contributed by atoms with Gasteiger partial charge < -0.3 is 16.0 Å². The van der Waals surface area contributed by atoms with Crippen LogP contribution in [0.3, 0.4) is 0 Å². The summed E-state index contributed by atoms with van der Waals surface area (Å²) >= 11 is 0.